The largest absolute Gasteiger partial charge is 0.251 e. The second-order valence-electron chi connectivity index (χ2n) is 13.3. The zero-order valence-electron chi connectivity index (χ0n) is 26.3. The Morgan fingerprint density at radius 2 is 1.26 bits per heavy atom. The molecule has 0 radical (unpaired) electrons. The highest BCUT2D eigenvalue weighted by Gasteiger charge is 2.29. The maximum absolute atomic E-state index is 10.1. The van der Waals surface area contributed by atoms with E-state index >= 15 is 0 Å². The minimum absolute atomic E-state index is 0.323. The van der Waals surface area contributed by atoms with Crippen LogP contribution in [0, 0.1) is 11.8 Å². The molecule has 5 rings (SSSR count). The fraction of sp³-hybridized carbons (Fsp3) is 0.538. The third-order valence-electron chi connectivity index (χ3n) is 10.2. The van der Waals surface area contributed by atoms with Crippen LogP contribution < -0.4 is 0 Å². The summed E-state index contributed by atoms with van der Waals surface area (Å²) in [6, 6.07) is 27.2. The Labute approximate surface area is 259 Å². The first-order valence-electron chi connectivity index (χ1n) is 17.0. The zero-order valence-corrected chi connectivity index (χ0v) is 26.3. The molecule has 2 aliphatic carbocycles. The van der Waals surface area contributed by atoms with Crippen LogP contribution in [0.4, 0.5) is 0 Å². The van der Waals surface area contributed by atoms with E-state index < -0.39 is 12.2 Å². The van der Waals surface area contributed by atoms with Crippen molar-refractivity contribution in [1.29, 1.82) is 0 Å². The molecular weight excluding hydrogens is 532 g/mol. The van der Waals surface area contributed by atoms with Gasteiger partial charge in [-0.1, -0.05) is 131 Å². The van der Waals surface area contributed by atoms with Crippen molar-refractivity contribution in [3.8, 4) is 0 Å². The summed E-state index contributed by atoms with van der Waals surface area (Å²) in [5, 5.41) is 10.1. The van der Waals surface area contributed by atoms with Gasteiger partial charge in [-0.05, 0) is 90.0 Å². The molecule has 2 atom stereocenters. The van der Waals surface area contributed by atoms with Gasteiger partial charge in [0.1, 0.15) is 6.61 Å². The number of hydrogen-bond acceptors (Lipinski definition) is 4. The van der Waals surface area contributed by atoms with E-state index in [9.17, 15) is 5.26 Å². The lowest BCUT2D eigenvalue weighted by atomic mass is 9.77. The molecule has 0 amide bonds. The van der Waals surface area contributed by atoms with Crippen molar-refractivity contribution in [2.45, 2.75) is 122 Å². The van der Waals surface area contributed by atoms with Crippen LogP contribution in [0.25, 0.3) is 0 Å². The number of hydrogen-bond donors (Lipinski definition) is 1. The zero-order chi connectivity index (χ0) is 29.9. The summed E-state index contributed by atoms with van der Waals surface area (Å²) >= 11 is 0. The van der Waals surface area contributed by atoms with E-state index in [1.807, 2.05) is 30.3 Å². The van der Waals surface area contributed by atoms with E-state index in [0.29, 0.717) is 18.4 Å². The van der Waals surface area contributed by atoms with E-state index in [1.54, 1.807) is 0 Å². The second-order valence-corrected chi connectivity index (χ2v) is 13.3. The molecule has 0 heterocycles. The molecule has 4 nitrogen and oxygen atoms in total. The van der Waals surface area contributed by atoms with Crippen LogP contribution in [0.1, 0.15) is 143 Å². The Kier molecular flexibility index (Phi) is 12.3. The van der Waals surface area contributed by atoms with Gasteiger partial charge in [-0.25, -0.2) is 14.7 Å². The quantitative estimate of drug-likeness (QED) is 0.116. The predicted octanol–water partition coefficient (Wildman–Crippen LogP) is 11.3. The minimum atomic E-state index is -0.721. The molecule has 43 heavy (non-hydrogen) atoms. The Bertz CT molecular complexity index is 1180. The molecular formula is C39H52O4. The Balaban J connectivity index is 1.19. The lowest BCUT2D eigenvalue weighted by Gasteiger charge is -2.29. The number of unbranched alkanes of at least 4 members (excludes halogenated alkanes) is 2. The van der Waals surface area contributed by atoms with E-state index in [4.69, 9.17) is 14.7 Å². The van der Waals surface area contributed by atoms with E-state index in [0.717, 1.165) is 28.5 Å². The van der Waals surface area contributed by atoms with Crippen molar-refractivity contribution in [3.05, 3.63) is 107 Å². The SMILES string of the molecule is CCCCCC1CCC(c2ccc(C(OO)C(OOCc3ccc(C4CCC(C)CC4)cc3)c3ccccc3)cc2)CC1. The van der Waals surface area contributed by atoms with Gasteiger partial charge in [0.05, 0.1) is 0 Å². The Morgan fingerprint density at radius 3 is 1.86 bits per heavy atom. The van der Waals surface area contributed by atoms with Crippen LogP contribution in [0.3, 0.4) is 0 Å². The van der Waals surface area contributed by atoms with Crippen molar-refractivity contribution in [2.24, 2.45) is 11.8 Å². The molecule has 0 aromatic heterocycles. The molecule has 232 valence electrons. The average Bonchev–Trinajstić information content (AvgIpc) is 3.06. The topological polar surface area (TPSA) is 47.9 Å². The fourth-order valence-corrected chi connectivity index (χ4v) is 7.29. The van der Waals surface area contributed by atoms with Crippen molar-refractivity contribution < 1.29 is 19.9 Å². The fourth-order valence-electron chi connectivity index (χ4n) is 7.29. The van der Waals surface area contributed by atoms with E-state index in [1.165, 1.54) is 88.2 Å². The summed E-state index contributed by atoms with van der Waals surface area (Å²) in [5.74, 6) is 3.04. The third-order valence-corrected chi connectivity index (χ3v) is 10.2. The maximum atomic E-state index is 10.1. The third kappa shape index (κ3) is 9.01. The van der Waals surface area contributed by atoms with Crippen molar-refractivity contribution in [2.75, 3.05) is 0 Å². The molecule has 0 aliphatic heterocycles. The normalized spacial score (nSPS) is 24.0. The van der Waals surface area contributed by atoms with Gasteiger partial charge in [-0.15, -0.1) is 0 Å². The summed E-state index contributed by atoms with van der Waals surface area (Å²) in [4.78, 5) is 16.9. The molecule has 4 heteroatoms. The highest BCUT2D eigenvalue weighted by molar-refractivity contribution is 5.30. The van der Waals surface area contributed by atoms with Crippen LogP contribution in [0.15, 0.2) is 78.9 Å². The van der Waals surface area contributed by atoms with Crippen molar-refractivity contribution >= 4 is 0 Å². The molecule has 2 saturated carbocycles. The van der Waals surface area contributed by atoms with Gasteiger partial charge < -0.3 is 0 Å². The van der Waals surface area contributed by atoms with Gasteiger partial charge >= 0.3 is 0 Å². The molecule has 0 bridgehead atoms. The van der Waals surface area contributed by atoms with E-state index in [-0.39, 0.29) is 0 Å². The van der Waals surface area contributed by atoms with Crippen molar-refractivity contribution in [3.63, 3.8) is 0 Å². The molecule has 2 fully saturated rings. The average molecular weight is 585 g/mol. The van der Waals surface area contributed by atoms with Gasteiger partial charge in [0.25, 0.3) is 0 Å². The molecule has 0 saturated heterocycles. The van der Waals surface area contributed by atoms with Gasteiger partial charge in [-0.2, -0.15) is 0 Å². The van der Waals surface area contributed by atoms with Gasteiger partial charge in [-0.3, -0.25) is 5.26 Å². The summed E-state index contributed by atoms with van der Waals surface area (Å²) in [7, 11) is 0. The van der Waals surface area contributed by atoms with Gasteiger partial charge in [0, 0.05) is 0 Å². The lowest BCUT2D eigenvalue weighted by molar-refractivity contribution is -0.387. The van der Waals surface area contributed by atoms with Crippen molar-refractivity contribution in [1.82, 2.24) is 0 Å². The highest BCUT2D eigenvalue weighted by atomic mass is 17.2. The Hall–Kier alpha value is -2.50. The molecule has 3 aromatic rings. The molecule has 1 N–H and O–H groups in total. The Morgan fingerprint density at radius 1 is 0.674 bits per heavy atom. The summed E-state index contributed by atoms with van der Waals surface area (Å²) in [5.41, 5.74) is 5.62. The first-order valence-corrected chi connectivity index (χ1v) is 17.0. The van der Waals surface area contributed by atoms with Crippen LogP contribution in [-0.4, -0.2) is 5.26 Å². The smallest absolute Gasteiger partial charge is 0.151 e. The van der Waals surface area contributed by atoms with Crippen LogP contribution in [-0.2, 0) is 21.3 Å². The first-order chi connectivity index (χ1) is 21.1. The molecule has 0 spiro atoms. The first kappa shape index (κ1) is 31.9. The summed E-state index contributed by atoms with van der Waals surface area (Å²) in [6.45, 7) is 4.97. The predicted molar refractivity (Wildman–Crippen MR) is 174 cm³/mol. The van der Waals surface area contributed by atoms with Crippen LogP contribution in [0.2, 0.25) is 0 Å². The standard InChI is InChI=1S/C39H52O4/c1-3-4-6-9-30-14-20-33(21-15-30)35-24-26-37(27-25-35)38(42-40)39(36-10-7-5-8-11-36)43-41-28-31-16-22-34(23-17-31)32-18-12-29(2)13-19-32/h5,7-8,10-11,16-17,22-27,29-30,32-33,38-40H,3-4,6,9,12-15,18-21,28H2,1-2H3. The van der Waals surface area contributed by atoms with Crippen LogP contribution >= 0.6 is 0 Å². The van der Waals surface area contributed by atoms with Gasteiger partial charge in [0.2, 0.25) is 0 Å². The molecule has 2 unspecified atom stereocenters. The summed E-state index contributed by atoms with van der Waals surface area (Å²) < 4.78 is 0. The van der Waals surface area contributed by atoms with E-state index in [2.05, 4.69) is 62.4 Å². The van der Waals surface area contributed by atoms with Crippen LogP contribution in [0.5, 0.6) is 0 Å². The monoisotopic (exact) mass is 584 g/mol. The lowest BCUT2D eigenvalue weighted by Crippen LogP contribution is -2.18. The molecule has 2 aliphatic rings. The molecule has 3 aromatic carbocycles. The number of rotatable bonds is 14. The summed E-state index contributed by atoms with van der Waals surface area (Å²) in [6.07, 6.45) is 14.5. The highest BCUT2D eigenvalue weighted by Crippen LogP contribution is 2.40. The number of benzene rings is 3. The maximum Gasteiger partial charge on any atom is 0.151 e. The second kappa shape index (κ2) is 16.5. The van der Waals surface area contributed by atoms with Gasteiger partial charge in [0.15, 0.2) is 12.2 Å². The minimum Gasteiger partial charge on any atom is -0.251 e.